The number of benzene rings is 3. The van der Waals surface area contributed by atoms with Crippen LogP contribution in [-0.2, 0) is 5.16 Å². The third kappa shape index (κ3) is 5.83. The highest BCUT2D eigenvalue weighted by molar-refractivity contribution is 7.19. The molecule has 0 radical (unpaired) electrons. The minimum Gasteiger partial charge on any atom is -0.121 e. The van der Waals surface area contributed by atoms with Crippen molar-refractivity contribution in [1.29, 1.82) is 0 Å². The Labute approximate surface area is 186 Å². The van der Waals surface area contributed by atoms with Crippen LogP contribution in [0.3, 0.4) is 0 Å². The molecule has 0 nitrogen and oxygen atoms in total. The van der Waals surface area contributed by atoms with Crippen LogP contribution in [-0.4, -0.2) is 0 Å². The van der Waals surface area contributed by atoms with E-state index >= 15 is 0 Å². The zero-order chi connectivity index (χ0) is 21.1. The topological polar surface area (TPSA) is 0 Å². The monoisotopic (exact) mass is 416 g/mol. The van der Waals surface area contributed by atoms with Crippen molar-refractivity contribution in [3.8, 4) is 0 Å². The van der Waals surface area contributed by atoms with Crippen molar-refractivity contribution in [3.63, 3.8) is 0 Å². The van der Waals surface area contributed by atoms with Crippen LogP contribution in [0.15, 0.2) is 91.0 Å². The maximum absolute atomic E-state index is 3.28. The maximum atomic E-state index is 3.28. The van der Waals surface area contributed by atoms with Crippen LogP contribution < -0.4 is 0 Å². The minimum atomic E-state index is -0.133. The van der Waals surface area contributed by atoms with Crippen molar-refractivity contribution < 1.29 is 0 Å². The Morgan fingerprint density at radius 1 is 0.600 bits per heavy atom. The second kappa shape index (κ2) is 12.1. The zero-order valence-corrected chi connectivity index (χ0v) is 19.6. The standard InChI is InChI=1S/C29H37P/c1-2-3-4-5-6-7-17-24-28(25-18-11-8-12-19-25)29(30,26-20-13-9-14-21-26)27-22-15-10-16-23-27/h8-16,18-23,28H,2-7,17,24,30H2,1H3. The molecule has 0 spiro atoms. The molecule has 0 heterocycles. The van der Waals surface area contributed by atoms with Crippen molar-refractivity contribution in [2.45, 2.75) is 69.4 Å². The van der Waals surface area contributed by atoms with Gasteiger partial charge in [0, 0.05) is 11.1 Å². The van der Waals surface area contributed by atoms with Gasteiger partial charge in [0.1, 0.15) is 0 Å². The summed E-state index contributed by atoms with van der Waals surface area (Å²) in [6.45, 7) is 2.29. The molecule has 2 unspecified atom stereocenters. The third-order valence-corrected chi connectivity index (χ3v) is 7.42. The number of hydrogen-bond donors (Lipinski definition) is 0. The molecule has 1 heteroatoms. The van der Waals surface area contributed by atoms with Gasteiger partial charge in [-0.2, -0.15) is 0 Å². The molecular weight excluding hydrogens is 379 g/mol. The van der Waals surface area contributed by atoms with E-state index in [-0.39, 0.29) is 5.16 Å². The first-order chi connectivity index (χ1) is 14.8. The van der Waals surface area contributed by atoms with E-state index in [1.54, 1.807) is 0 Å². The van der Waals surface area contributed by atoms with Gasteiger partial charge in [-0.3, -0.25) is 0 Å². The lowest BCUT2D eigenvalue weighted by Gasteiger charge is -2.39. The summed E-state index contributed by atoms with van der Waals surface area (Å²) >= 11 is 0. The molecule has 0 aliphatic carbocycles. The Bertz CT molecular complexity index is 787. The largest absolute Gasteiger partial charge is 0.121 e. The molecule has 0 amide bonds. The molecule has 0 bridgehead atoms. The predicted octanol–water partition coefficient (Wildman–Crippen LogP) is 8.73. The fourth-order valence-electron chi connectivity index (χ4n) is 4.65. The highest BCUT2D eigenvalue weighted by Crippen LogP contribution is 2.51. The second-order valence-electron chi connectivity index (χ2n) is 8.47. The van der Waals surface area contributed by atoms with Crippen molar-refractivity contribution in [3.05, 3.63) is 108 Å². The number of hydrogen-bond acceptors (Lipinski definition) is 0. The number of unbranched alkanes of at least 4 members (excludes halogenated alkanes) is 6. The zero-order valence-electron chi connectivity index (χ0n) is 18.5. The summed E-state index contributed by atoms with van der Waals surface area (Å²) in [5.41, 5.74) is 4.18. The van der Waals surface area contributed by atoms with Crippen LogP contribution in [0.2, 0.25) is 0 Å². The van der Waals surface area contributed by atoms with E-state index < -0.39 is 0 Å². The Kier molecular flexibility index (Phi) is 9.16. The molecule has 158 valence electrons. The second-order valence-corrected chi connectivity index (χ2v) is 9.39. The van der Waals surface area contributed by atoms with Gasteiger partial charge in [-0.1, -0.05) is 143 Å². The SMILES string of the molecule is CCCCCCCCCC(c1ccccc1)C(P)(c1ccccc1)c1ccccc1. The summed E-state index contributed by atoms with van der Waals surface area (Å²) in [5, 5.41) is -0.133. The third-order valence-electron chi connectivity index (χ3n) is 6.35. The Morgan fingerprint density at radius 2 is 1.03 bits per heavy atom. The number of rotatable bonds is 12. The molecule has 0 fully saturated rings. The van der Waals surface area contributed by atoms with Gasteiger partial charge in [0.25, 0.3) is 0 Å². The molecule has 2 atom stereocenters. The van der Waals surface area contributed by atoms with Crippen LogP contribution in [0.1, 0.15) is 80.9 Å². The van der Waals surface area contributed by atoms with E-state index in [4.69, 9.17) is 0 Å². The lowest BCUT2D eigenvalue weighted by Crippen LogP contribution is -2.29. The lowest BCUT2D eigenvalue weighted by molar-refractivity contribution is 0.478. The summed E-state index contributed by atoms with van der Waals surface area (Å²) in [7, 11) is 3.28. The first-order valence-corrected chi connectivity index (χ1v) is 12.3. The molecule has 0 saturated heterocycles. The summed E-state index contributed by atoms with van der Waals surface area (Å²) in [4.78, 5) is 0. The van der Waals surface area contributed by atoms with Gasteiger partial charge in [-0.05, 0) is 23.1 Å². The molecule has 3 aromatic carbocycles. The summed E-state index contributed by atoms with van der Waals surface area (Å²) in [5.74, 6) is 0.421. The fraction of sp³-hybridized carbons (Fsp3) is 0.379. The first kappa shape index (κ1) is 22.8. The fourth-order valence-corrected chi connectivity index (χ4v) is 5.39. The van der Waals surface area contributed by atoms with Crippen LogP contribution >= 0.6 is 9.24 Å². The summed E-state index contributed by atoms with van der Waals surface area (Å²) < 4.78 is 0. The van der Waals surface area contributed by atoms with Crippen LogP contribution in [0.5, 0.6) is 0 Å². The van der Waals surface area contributed by atoms with Gasteiger partial charge in [0.15, 0.2) is 0 Å². The van der Waals surface area contributed by atoms with E-state index in [1.165, 1.54) is 68.1 Å². The van der Waals surface area contributed by atoms with Crippen LogP contribution in [0.4, 0.5) is 0 Å². The Hall–Kier alpha value is -1.91. The van der Waals surface area contributed by atoms with Crippen LogP contribution in [0, 0.1) is 0 Å². The summed E-state index contributed by atoms with van der Waals surface area (Å²) in [6.07, 6.45) is 10.6. The van der Waals surface area contributed by atoms with Gasteiger partial charge in [0.2, 0.25) is 0 Å². The molecule has 0 aliphatic heterocycles. The smallest absolute Gasteiger partial charge is 0.0412 e. The average molecular weight is 417 g/mol. The highest BCUT2D eigenvalue weighted by Gasteiger charge is 2.38. The van der Waals surface area contributed by atoms with Gasteiger partial charge < -0.3 is 0 Å². The normalized spacial score (nSPS) is 12.6. The van der Waals surface area contributed by atoms with Crippen molar-refractivity contribution in [1.82, 2.24) is 0 Å². The highest BCUT2D eigenvalue weighted by atomic mass is 31.0. The van der Waals surface area contributed by atoms with Crippen molar-refractivity contribution >= 4 is 9.24 Å². The predicted molar refractivity (Wildman–Crippen MR) is 135 cm³/mol. The minimum absolute atomic E-state index is 0.133. The van der Waals surface area contributed by atoms with Crippen LogP contribution in [0.25, 0.3) is 0 Å². The molecule has 0 aromatic heterocycles. The Morgan fingerprint density at radius 3 is 1.53 bits per heavy atom. The molecule has 3 aromatic rings. The lowest BCUT2D eigenvalue weighted by atomic mass is 9.74. The van der Waals surface area contributed by atoms with Gasteiger partial charge in [-0.25, -0.2) is 0 Å². The molecule has 30 heavy (non-hydrogen) atoms. The molecule has 0 aliphatic rings. The first-order valence-electron chi connectivity index (χ1n) is 11.7. The van der Waals surface area contributed by atoms with Crippen molar-refractivity contribution in [2.24, 2.45) is 0 Å². The van der Waals surface area contributed by atoms with Crippen molar-refractivity contribution in [2.75, 3.05) is 0 Å². The van der Waals surface area contributed by atoms with Gasteiger partial charge >= 0.3 is 0 Å². The molecule has 0 saturated carbocycles. The average Bonchev–Trinajstić information content (AvgIpc) is 2.82. The van der Waals surface area contributed by atoms with E-state index in [0.717, 1.165) is 0 Å². The molecule has 0 N–H and O–H groups in total. The van der Waals surface area contributed by atoms with E-state index in [1.807, 2.05) is 0 Å². The molecule has 3 rings (SSSR count). The van der Waals surface area contributed by atoms with Gasteiger partial charge in [0.05, 0.1) is 0 Å². The van der Waals surface area contributed by atoms with E-state index in [0.29, 0.717) is 5.92 Å². The quantitative estimate of drug-likeness (QED) is 0.204. The Balaban J connectivity index is 1.88. The van der Waals surface area contributed by atoms with Gasteiger partial charge in [-0.15, -0.1) is 9.24 Å². The molecular formula is C29H37P. The van der Waals surface area contributed by atoms with E-state index in [9.17, 15) is 0 Å². The van der Waals surface area contributed by atoms with E-state index in [2.05, 4.69) is 107 Å². The maximum Gasteiger partial charge on any atom is 0.0412 e. The summed E-state index contributed by atoms with van der Waals surface area (Å²) in [6, 6.07) is 33.2.